The van der Waals surface area contributed by atoms with Gasteiger partial charge in [0.1, 0.15) is 0 Å². The van der Waals surface area contributed by atoms with Crippen molar-refractivity contribution < 1.29 is 5.11 Å². The van der Waals surface area contributed by atoms with Crippen LogP contribution in [0.3, 0.4) is 0 Å². The average molecular weight is 270 g/mol. The van der Waals surface area contributed by atoms with Crippen LogP contribution in [0.15, 0.2) is 24.3 Å². The topological polar surface area (TPSA) is 23.5 Å². The molecule has 3 heteroatoms. The van der Waals surface area contributed by atoms with Gasteiger partial charge in [-0.1, -0.05) is 49.6 Å². The van der Waals surface area contributed by atoms with Crippen molar-refractivity contribution in [1.29, 1.82) is 0 Å². The maximum Gasteiger partial charge on any atom is 0.0816 e. The standard InChI is InChI=1S/C15H24ClNO/c1-3-4-7-11-17(2)12-10-15(18)13-8-5-6-9-14(13)16/h5-6,8-9,15,18H,3-4,7,10-12H2,1-2H3. The Morgan fingerprint density at radius 3 is 2.61 bits per heavy atom. The molecule has 1 aromatic rings. The fourth-order valence-corrected chi connectivity index (χ4v) is 2.25. The minimum atomic E-state index is -0.465. The van der Waals surface area contributed by atoms with Crippen LogP contribution in [-0.4, -0.2) is 30.1 Å². The highest BCUT2D eigenvalue weighted by Gasteiger charge is 2.11. The lowest BCUT2D eigenvalue weighted by molar-refractivity contribution is 0.148. The van der Waals surface area contributed by atoms with Crippen LogP contribution >= 0.6 is 11.6 Å². The van der Waals surface area contributed by atoms with Crippen molar-refractivity contribution in [1.82, 2.24) is 4.90 Å². The lowest BCUT2D eigenvalue weighted by Gasteiger charge is -2.19. The van der Waals surface area contributed by atoms with Crippen LogP contribution in [0.25, 0.3) is 0 Å². The third-order valence-corrected chi connectivity index (χ3v) is 3.54. The number of rotatable bonds is 8. The highest BCUT2D eigenvalue weighted by molar-refractivity contribution is 6.31. The van der Waals surface area contributed by atoms with E-state index in [9.17, 15) is 5.11 Å². The molecule has 0 aromatic heterocycles. The summed E-state index contributed by atoms with van der Waals surface area (Å²) in [5.41, 5.74) is 0.834. The summed E-state index contributed by atoms with van der Waals surface area (Å²) in [6.07, 6.45) is 4.02. The molecule has 0 aliphatic rings. The van der Waals surface area contributed by atoms with Gasteiger partial charge in [0.15, 0.2) is 0 Å². The first-order valence-electron chi connectivity index (χ1n) is 6.76. The Labute approximate surface area is 116 Å². The van der Waals surface area contributed by atoms with Crippen LogP contribution in [0.2, 0.25) is 5.02 Å². The first kappa shape index (κ1) is 15.5. The first-order chi connectivity index (χ1) is 8.65. The molecule has 0 bridgehead atoms. The molecule has 0 radical (unpaired) electrons. The quantitative estimate of drug-likeness (QED) is 0.724. The van der Waals surface area contributed by atoms with E-state index in [2.05, 4.69) is 18.9 Å². The largest absolute Gasteiger partial charge is 0.388 e. The Kier molecular flexibility index (Phi) is 7.33. The van der Waals surface area contributed by atoms with Crippen LogP contribution in [0.5, 0.6) is 0 Å². The number of halogens is 1. The Morgan fingerprint density at radius 1 is 1.22 bits per heavy atom. The van der Waals surface area contributed by atoms with Crippen molar-refractivity contribution in [2.75, 3.05) is 20.1 Å². The minimum Gasteiger partial charge on any atom is -0.388 e. The monoisotopic (exact) mass is 269 g/mol. The van der Waals surface area contributed by atoms with Crippen LogP contribution in [0.1, 0.15) is 44.3 Å². The summed E-state index contributed by atoms with van der Waals surface area (Å²) in [5.74, 6) is 0. The van der Waals surface area contributed by atoms with E-state index in [1.807, 2.05) is 24.3 Å². The van der Waals surface area contributed by atoms with Gasteiger partial charge in [-0.3, -0.25) is 0 Å². The predicted octanol–water partition coefficient (Wildman–Crippen LogP) is 3.89. The van der Waals surface area contributed by atoms with Crippen LogP contribution in [0.4, 0.5) is 0 Å². The second-order valence-electron chi connectivity index (χ2n) is 4.84. The number of aliphatic hydroxyl groups is 1. The number of hydrogen-bond donors (Lipinski definition) is 1. The normalized spacial score (nSPS) is 12.9. The van der Waals surface area contributed by atoms with Gasteiger partial charge < -0.3 is 10.0 Å². The van der Waals surface area contributed by atoms with Gasteiger partial charge in [0.05, 0.1) is 6.10 Å². The summed E-state index contributed by atoms with van der Waals surface area (Å²) >= 11 is 6.06. The Balaban J connectivity index is 2.32. The Bertz CT molecular complexity index is 343. The molecule has 1 rings (SSSR count). The maximum absolute atomic E-state index is 10.1. The van der Waals surface area contributed by atoms with Gasteiger partial charge in [-0.15, -0.1) is 0 Å². The highest BCUT2D eigenvalue weighted by Crippen LogP contribution is 2.24. The highest BCUT2D eigenvalue weighted by atomic mass is 35.5. The van der Waals surface area contributed by atoms with Crippen molar-refractivity contribution in [3.63, 3.8) is 0 Å². The van der Waals surface area contributed by atoms with Gasteiger partial charge in [0.25, 0.3) is 0 Å². The van der Waals surface area contributed by atoms with Gasteiger partial charge in [-0.25, -0.2) is 0 Å². The zero-order valence-electron chi connectivity index (χ0n) is 11.4. The molecule has 0 fully saturated rings. The van der Waals surface area contributed by atoms with E-state index in [0.29, 0.717) is 5.02 Å². The van der Waals surface area contributed by atoms with Crippen LogP contribution < -0.4 is 0 Å². The van der Waals surface area contributed by atoms with Crippen molar-refractivity contribution >= 4 is 11.6 Å². The third kappa shape index (κ3) is 5.38. The van der Waals surface area contributed by atoms with Crippen LogP contribution in [0, 0.1) is 0 Å². The van der Waals surface area contributed by atoms with E-state index < -0.39 is 6.10 Å². The summed E-state index contributed by atoms with van der Waals surface area (Å²) in [4.78, 5) is 2.27. The lowest BCUT2D eigenvalue weighted by Crippen LogP contribution is -2.22. The molecule has 1 aromatic carbocycles. The van der Waals surface area contributed by atoms with E-state index in [-0.39, 0.29) is 0 Å². The van der Waals surface area contributed by atoms with Crippen molar-refractivity contribution in [3.8, 4) is 0 Å². The second kappa shape index (κ2) is 8.52. The van der Waals surface area contributed by atoms with E-state index in [1.54, 1.807) is 0 Å². The molecule has 0 saturated carbocycles. The summed E-state index contributed by atoms with van der Waals surface area (Å²) in [6, 6.07) is 7.51. The molecule has 1 unspecified atom stereocenters. The van der Waals surface area contributed by atoms with E-state index in [1.165, 1.54) is 19.3 Å². The zero-order chi connectivity index (χ0) is 13.4. The van der Waals surface area contributed by atoms with Crippen molar-refractivity contribution in [2.45, 2.75) is 38.7 Å². The van der Waals surface area contributed by atoms with Gasteiger partial charge in [-0.2, -0.15) is 0 Å². The fourth-order valence-electron chi connectivity index (χ4n) is 1.99. The Hall–Kier alpha value is -0.570. The van der Waals surface area contributed by atoms with Gasteiger partial charge in [-0.05, 0) is 38.1 Å². The molecule has 0 amide bonds. The molecule has 2 nitrogen and oxygen atoms in total. The number of hydrogen-bond acceptors (Lipinski definition) is 2. The average Bonchev–Trinajstić information content (AvgIpc) is 2.37. The van der Waals surface area contributed by atoms with Gasteiger partial charge >= 0.3 is 0 Å². The molecule has 102 valence electrons. The van der Waals surface area contributed by atoms with E-state index in [0.717, 1.165) is 25.1 Å². The van der Waals surface area contributed by atoms with Gasteiger partial charge in [0, 0.05) is 11.6 Å². The van der Waals surface area contributed by atoms with Crippen molar-refractivity contribution in [2.24, 2.45) is 0 Å². The summed E-state index contributed by atoms with van der Waals surface area (Å²) in [5, 5.41) is 10.8. The smallest absolute Gasteiger partial charge is 0.0816 e. The molecular weight excluding hydrogens is 246 g/mol. The number of aliphatic hydroxyl groups excluding tert-OH is 1. The molecule has 1 atom stereocenters. The molecular formula is C15H24ClNO. The number of unbranched alkanes of at least 4 members (excludes halogenated alkanes) is 2. The molecule has 0 aliphatic heterocycles. The van der Waals surface area contributed by atoms with E-state index >= 15 is 0 Å². The third-order valence-electron chi connectivity index (χ3n) is 3.19. The first-order valence-corrected chi connectivity index (χ1v) is 7.14. The molecule has 18 heavy (non-hydrogen) atoms. The molecule has 1 N–H and O–H groups in total. The van der Waals surface area contributed by atoms with E-state index in [4.69, 9.17) is 11.6 Å². The fraction of sp³-hybridized carbons (Fsp3) is 0.600. The lowest BCUT2D eigenvalue weighted by atomic mass is 10.1. The zero-order valence-corrected chi connectivity index (χ0v) is 12.2. The molecule has 0 spiro atoms. The molecule has 0 aliphatic carbocycles. The second-order valence-corrected chi connectivity index (χ2v) is 5.24. The number of nitrogens with zero attached hydrogens (tertiary/aromatic N) is 1. The van der Waals surface area contributed by atoms with Crippen molar-refractivity contribution in [3.05, 3.63) is 34.9 Å². The van der Waals surface area contributed by atoms with Gasteiger partial charge in [0.2, 0.25) is 0 Å². The molecule has 0 heterocycles. The summed E-state index contributed by atoms with van der Waals surface area (Å²) in [6.45, 7) is 4.21. The predicted molar refractivity (Wildman–Crippen MR) is 78.1 cm³/mol. The maximum atomic E-state index is 10.1. The molecule has 0 saturated heterocycles. The summed E-state index contributed by atoms with van der Waals surface area (Å²) in [7, 11) is 2.11. The van der Waals surface area contributed by atoms with Crippen LogP contribution in [-0.2, 0) is 0 Å². The Morgan fingerprint density at radius 2 is 1.94 bits per heavy atom. The summed E-state index contributed by atoms with van der Waals surface area (Å²) < 4.78 is 0. The SMILES string of the molecule is CCCCCN(C)CCC(O)c1ccccc1Cl. The number of benzene rings is 1. The minimum absolute atomic E-state index is 0.465.